The number of aromatic nitrogens is 2. The van der Waals surface area contributed by atoms with E-state index in [2.05, 4.69) is 30.5 Å². The summed E-state index contributed by atoms with van der Waals surface area (Å²) in [6, 6.07) is 8.15. The van der Waals surface area contributed by atoms with Crippen LogP contribution in [0.4, 0.5) is 10.5 Å². The molecule has 0 fully saturated rings. The van der Waals surface area contributed by atoms with Crippen molar-refractivity contribution in [2.75, 3.05) is 32.6 Å². The Kier molecular flexibility index (Phi) is 11.6. The number of nitrogens with zero attached hydrogens (tertiary/aromatic N) is 3. The molecule has 0 unspecified atom stereocenters. The van der Waals surface area contributed by atoms with Crippen LogP contribution in [-0.4, -0.2) is 70.8 Å². The summed E-state index contributed by atoms with van der Waals surface area (Å²) >= 11 is 1.55. The third-order valence-electron chi connectivity index (χ3n) is 6.01. The van der Waals surface area contributed by atoms with Gasteiger partial charge in [0.2, 0.25) is 11.8 Å². The molecule has 2 aromatic heterocycles. The van der Waals surface area contributed by atoms with E-state index in [-0.39, 0.29) is 37.8 Å². The van der Waals surface area contributed by atoms with Gasteiger partial charge < -0.3 is 29.9 Å². The lowest BCUT2D eigenvalue weighted by molar-refractivity contribution is -0.123. The van der Waals surface area contributed by atoms with E-state index in [0.29, 0.717) is 12.3 Å². The molecule has 12 heteroatoms. The summed E-state index contributed by atoms with van der Waals surface area (Å²) in [6.07, 6.45) is 5.10. The summed E-state index contributed by atoms with van der Waals surface area (Å²) in [7, 11) is 3.24. The van der Waals surface area contributed by atoms with Crippen molar-refractivity contribution < 1.29 is 24.2 Å². The Morgan fingerprint density at radius 2 is 1.98 bits per heavy atom. The lowest BCUT2D eigenvalue weighted by Gasteiger charge is -2.18. The molecule has 3 rings (SSSR count). The standard InChI is InChI=1S/C29H37N5O6S/c1-19(2)17-20-9-7-11-21-26(20)41-24(30-21)18-34-14-8-12-23(28(34)38)31-27(37)22(32-29(39)40-16-15-35)10-5-6-13-25(36)33(3)4/h6-9,11-14,19,22,35H,5,10,15-18H2,1-4H3,(H,31,37)(H,32,39)/b13-6+/t22-/m0/s1. The first-order chi connectivity index (χ1) is 19.6. The molecule has 220 valence electrons. The molecule has 3 N–H and O–H groups in total. The van der Waals surface area contributed by atoms with Gasteiger partial charge in [0.15, 0.2) is 0 Å². The molecular weight excluding hydrogens is 546 g/mol. The predicted molar refractivity (Wildman–Crippen MR) is 159 cm³/mol. The third-order valence-corrected chi connectivity index (χ3v) is 7.14. The van der Waals surface area contributed by atoms with Gasteiger partial charge in [-0.2, -0.15) is 0 Å². The van der Waals surface area contributed by atoms with Gasteiger partial charge in [0.25, 0.3) is 5.56 Å². The number of ether oxygens (including phenoxy) is 1. The molecule has 0 radical (unpaired) electrons. The van der Waals surface area contributed by atoms with Crippen molar-refractivity contribution in [2.45, 2.75) is 45.7 Å². The molecule has 0 bridgehead atoms. The molecule has 0 saturated carbocycles. The number of allylic oxidation sites excluding steroid dienone is 1. The number of aliphatic hydroxyl groups excluding tert-OH is 1. The third kappa shape index (κ3) is 9.25. The summed E-state index contributed by atoms with van der Waals surface area (Å²) in [6.45, 7) is 3.98. The second-order valence-electron chi connectivity index (χ2n) is 10.1. The minimum Gasteiger partial charge on any atom is -0.447 e. The maximum absolute atomic E-state index is 13.3. The highest BCUT2D eigenvalue weighted by atomic mass is 32.1. The highest BCUT2D eigenvalue weighted by Crippen LogP contribution is 2.28. The lowest BCUT2D eigenvalue weighted by atomic mass is 10.0. The first-order valence-corrected chi connectivity index (χ1v) is 14.2. The van der Waals surface area contributed by atoms with Gasteiger partial charge in [-0.3, -0.25) is 14.4 Å². The molecule has 41 heavy (non-hydrogen) atoms. The van der Waals surface area contributed by atoms with Gasteiger partial charge in [0, 0.05) is 20.3 Å². The fourth-order valence-corrected chi connectivity index (χ4v) is 5.11. The van der Waals surface area contributed by atoms with Crippen molar-refractivity contribution in [3.63, 3.8) is 0 Å². The Morgan fingerprint density at radius 3 is 2.68 bits per heavy atom. The molecular formula is C29H37N5O6S. The number of amides is 3. The number of carbonyl (C=O) groups excluding carboxylic acids is 3. The van der Waals surface area contributed by atoms with Crippen LogP contribution in [-0.2, 0) is 27.3 Å². The Labute approximate surface area is 242 Å². The van der Waals surface area contributed by atoms with E-state index in [0.717, 1.165) is 21.6 Å². The molecule has 2 heterocycles. The van der Waals surface area contributed by atoms with Gasteiger partial charge in [-0.05, 0) is 55.0 Å². The van der Waals surface area contributed by atoms with Crippen molar-refractivity contribution in [3.8, 4) is 0 Å². The summed E-state index contributed by atoms with van der Waals surface area (Å²) in [5, 5.41) is 14.7. The minimum absolute atomic E-state index is 0.0490. The van der Waals surface area contributed by atoms with Crippen LogP contribution in [0.1, 0.15) is 37.3 Å². The van der Waals surface area contributed by atoms with Crippen LogP contribution in [0.3, 0.4) is 0 Å². The first kappa shape index (κ1) is 31.5. The Morgan fingerprint density at radius 1 is 1.20 bits per heavy atom. The number of hydrogen-bond acceptors (Lipinski definition) is 8. The number of anilines is 1. The van der Waals surface area contributed by atoms with Crippen LogP contribution < -0.4 is 16.2 Å². The number of carbonyl (C=O) groups is 3. The summed E-state index contributed by atoms with van der Waals surface area (Å²) in [5.74, 6) is -0.331. The second kappa shape index (κ2) is 15.1. The number of benzene rings is 1. The van der Waals surface area contributed by atoms with Gasteiger partial charge in [0.1, 0.15) is 23.3 Å². The maximum Gasteiger partial charge on any atom is 0.407 e. The highest BCUT2D eigenvalue weighted by Gasteiger charge is 2.22. The number of aliphatic hydroxyl groups is 1. The molecule has 0 aliphatic carbocycles. The van der Waals surface area contributed by atoms with Crippen molar-refractivity contribution in [3.05, 3.63) is 69.6 Å². The maximum atomic E-state index is 13.3. The number of alkyl carbamates (subject to hydrolysis) is 1. The van der Waals surface area contributed by atoms with Crippen LogP contribution >= 0.6 is 11.3 Å². The van der Waals surface area contributed by atoms with E-state index in [1.54, 1.807) is 43.8 Å². The predicted octanol–water partition coefficient (Wildman–Crippen LogP) is 3.16. The fraction of sp³-hybridized carbons (Fsp3) is 0.414. The number of nitrogens with one attached hydrogen (secondary N) is 2. The highest BCUT2D eigenvalue weighted by molar-refractivity contribution is 7.18. The van der Waals surface area contributed by atoms with Crippen LogP contribution in [0.5, 0.6) is 0 Å². The quantitative estimate of drug-likeness (QED) is 0.262. The zero-order valence-corrected chi connectivity index (χ0v) is 24.6. The number of likely N-dealkylation sites (N-methyl/N-ethyl adjacent to an activating group) is 1. The van der Waals surface area contributed by atoms with Gasteiger partial charge >= 0.3 is 6.09 Å². The summed E-state index contributed by atoms with van der Waals surface area (Å²) < 4.78 is 7.41. The minimum atomic E-state index is -1.06. The average molecular weight is 584 g/mol. The zero-order valence-electron chi connectivity index (χ0n) is 23.8. The molecule has 3 amide bonds. The smallest absolute Gasteiger partial charge is 0.407 e. The molecule has 1 atom stereocenters. The number of hydrogen-bond donors (Lipinski definition) is 3. The Hall–Kier alpha value is -4.03. The van der Waals surface area contributed by atoms with E-state index < -0.39 is 23.6 Å². The monoisotopic (exact) mass is 583 g/mol. The normalized spacial score (nSPS) is 12.0. The summed E-state index contributed by atoms with van der Waals surface area (Å²) in [5.41, 5.74) is 1.75. The van der Waals surface area contributed by atoms with Crippen LogP contribution in [0.25, 0.3) is 10.2 Å². The largest absolute Gasteiger partial charge is 0.447 e. The van der Waals surface area contributed by atoms with Crippen molar-refractivity contribution >= 4 is 45.1 Å². The molecule has 0 aliphatic heterocycles. The molecule has 0 spiro atoms. The lowest BCUT2D eigenvalue weighted by Crippen LogP contribution is -2.45. The van der Waals surface area contributed by atoms with E-state index >= 15 is 0 Å². The van der Waals surface area contributed by atoms with Gasteiger partial charge in [-0.1, -0.05) is 32.1 Å². The van der Waals surface area contributed by atoms with E-state index in [1.807, 2.05) is 12.1 Å². The Balaban J connectivity index is 1.76. The Bertz CT molecular complexity index is 1440. The number of pyridine rings is 1. The van der Waals surface area contributed by atoms with Crippen molar-refractivity contribution in [2.24, 2.45) is 5.92 Å². The SMILES string of the molecule is CC(C)Cc1cccc2nc(Cn3cccc(NC(=O)[C@H](CC/C=C/C(=O)N(C)C)NC(=O)OCCO)c3=O)sc12. The zero-order chi connectivity index (χ0) is 29.9. The molecule has 11 nitrogen and oxygen atoms in total. The van der Waals surface area contributed by atoms with Gasteiger partial charge in [0.05, 0.1) is 23.4 Å². The number of fused-ring (bicyclic) bond motifs is 1. The van der Waals surface area contributed by atoms with Crippen LogP contribution in [0.2, 0.25) is 0 Å². The fourth-order valence-electron chi connectivity index (χ4n) is 4.03. The molecule has 0 saturated heterocycles. The molecule has 1 aromatic carbocycles. The van der Waals surface area contributed by atoms with E-state index in [4.69, 9.17) is 14.8 Å². The van der Waals surface area contributed by atoms with E-state index in [9.17, 15) is 19.2 Å². The van der Waals surface area contributed by atoms with Crippen molar-refractivity contribution in [1.29, 1.82) is 0 Å². The van der Waals surface area contributed by atoms with E-state index in [1.165, 1.54) is 27.2 Å². The van der Waals surface area contributed by atoms with Crippen LogP contribution in [0, 0.1) is 5.92 Å². The number of rotatable bonds is 13. The second-order valence-corrected chi connectivity index (χ2v) is 11.2. The molecule has 3 aromatic rings. The van der Waals surface area contributed by atoms with Crippen LogP contribution in [0.15, 0.2) is 53.5 Å². The topological polar surface area (TPSA) is 143 Å². The van der Waals surface area contributed by atoms with Crippen molar-refractivity contribution in [1.82, 2.24) is 19.8 Å². The number of thiazole rings is 1. The summed E-state index contributed by atoms with van der Waals surface area (Å²) in [4.78, 5) is 56.4. The van der Waals surface area contributed by atoms with Gasteiger partial charge in [-0.15, -0.1) is 11.3 Å². The average Bonchev–Trinajstić information content (AvgIpc) is 3.34. The molecule has 0 aliphatic rings. The first-order valence-electron chi connectivity index (χ1n) is 13.4. The van der Waals surface area contributed by atoms with Gasteiger partial charge in [-0.25, -0.2) is 9.78 Å².